The minimum Gasteiger partial charge on any atom is -0.255 e. The summed E-state index contributed by atoms with van der Waals surface area (Å²) in [6.07, 6.45) is 3.68. The molecule has 0 radical (unpaired) electrons. The Morgan fingerprint density at radius 2 is 1.85 bits per heavy atom. The second-order valence-electron chi connectivity index (χ2n) is 2.92. The van der Waals surface area contributed by atoms with Crippen LogP contribution in [0.5, 0.6) is 0 Å². The minimum atomic E-state index is 0.677. The normalized spacial score (nSPS) is 11.7. The number of pyridine rings is 2. The monoisotopic (exact) mass is 186 g/mol. The van der Waals surface area contributed by atoms with Crippen LogP contribution in [0.4, 0.5) is 0 Å². The third-order valence-corrected chi connectivity index (χ3v) is 3.43. The van der Waals surface area contributed by atoms with Crippen LogP contribution in [0.1, 0.15) is 0 Å². The summed E-state index contributed by atoms with van der Waals surface area (Å²) in [7, 11) is 0.677. The lowest BCUT2D eigenvalue weighted by Crippen LogP contribution is -1.71. The lowest BCUT2D eigenvalue weighted by atomic mass is 10.3. The van der Waals surface area contributed by atoms with Gasteiger partial charge in [0.25, 0.3) is 0 Å². The van der Waals surface area contributed by atoms with E-state index in [9.17, 15) is 0 Å². The van der Waals surface area contributed by atoms with Crippen LogP contribution < -0.4 is 0 Å². The molecule has 0 amide bonds. The summed E-state index contributed by atoms with van der Waals surface area (Å²) in [6, 6.07) is 8.17. The first-order valence-corrected chi connectivity index (χ1v) is 5.12. The molecule has 0 fully saturated rings. The van der Waals surface area contributed by atoms with Crippen molar-refractivity contribution in [2.24, 2.45) is 0 Å². The van der Waals surface area contributed by atoms with Crippen molar-refractivity contribution < 1.29 is 0 Å². The number of fused-ring (bicyclic) bond motifs is 3. The SMILES string of the molecule is c1cnc2c(c1)[pH]c1ncccc12. The first-order chi connectivity index (χ1) is 6.45. The molecule has 0 saturated heterocycles. The van der Waals surface area contributed by atoms with Crippen LogP contribution in [0.25, 0.3) is 21.3 Å². The topological polar surface area (TPSA) is 25.8 Å². The molecule has 0 N–H and O–H groups in total. The number of hydrogen-bond acceptors (Lipinski definition) is 2. The highest BCUT2D eigenvalue weighted by Gasteiger charge is 2.02. The van der Waals surface area contributed by atoms with Crippen LogP contribution in [-0.4, -0.2) is 9.97 Å². The van der Waals surface area contributed by atoms with Crippen molar-refractivity contribution in [3.63, 3.8) is 0 Å². The van der Waals surface area contributed by atoms with Gasteiger partial charge in [0.15, 0.2) is 0 Å². The second kappa shape index (κ2) is 2.54. The van der Waals surface area contributed by atoms with Crippen LogP contribution in [0.3, 0.4) is 0 Å². The predicted molar refractivity (Wildman–Crippen MR) is 56.5 cm³/mol. The van der Waals surface area contributed by atoms with Crippen molar-refractivity contribution in [3.05, 3.63) is 36.7 Å². The Morgan fingerprint density at radius 1 is 1.00 bits per heavy atom. The van der Waals surface area contributed by atoms with Crippen molar-refractivity contribution in [2.45, 2.75) is 0 Å². The molecular weight excluding hydrogens is 179 g/mol. The summed E-state index contributed by atoms with van der Waals surface area (Å²) in [5.41, 5.74) is 1.11. The molecule has 0 saturated carbocycles. The molecule has 62 valence electrons. The van der Waals surface area contributed by atoms with Crippen molar-refractivity contribution in [1.29, 1.82) is 0 Å². The second-order valence-corrected chi connectivity index (χ2v) is 4.19. The molecule has 0 aliphatic carbocycles. The third-order valence-electron chi connectivity index (χ3n) is 2.12. The molecule has 0 aliphatic heterocycles. The average molecular weight is 186 g/mol. The van der Waals surface area contributed by atoms with Crippen LogP contribution >= 0.6 is 8.19 Å². The molecule has 0 aliphatic rings. The van der Waals surface area contributed by atoms with E-state index < -0.39 is 0 Å². The third kappa shape index (κ3) is 0.958. The minimum absolute atomic E-state index is 0.677. The largest absolute Gasteiger partial charge is 0.255 e. The van der Waals surface area contributed by atoms with Gasteiger partial charge in [-0.15, -0.1) is 8.19 Å². The van der Waals surface area contributed by atoms with E-state index in [-0.39, 0.29) is 0 Å². The van der Waals surface area contributed by atoms with E-state index in [1.54, 1.807) is 0 Å². The Hall–Kier alpha value is -1.40. The van der Waals surface area contributed by atoms with Crippen LogP contribution in [0.15, 0.2) is 36.7 Å². The van der Waals surface area contributed by atoms with Crippen molar-refractivity contribution >= 4 is 29.5 Å². The Balaban J connectivity index is 2.64. The number of hydrogen-bond donors (Lipinski definition) is 0. The van der Waals surface area contributed by atoms with E-state index in [1.807, 2.05) is 24.5 Å². The lowest BCUT2D eigenvalue weighted by Gasteiger charge is -1.87. The van der Waals surface area contributed by atoms with Gasteiger partial charge in [0.2, 0.25) is 0 Å². The maximum atomic E-state index is 4.37. The first-order valence-electron chi connectivity index (χ1n) is 4.12. The molecule has 0 bridgehead atoms. The first kappa shape index (κ1) is 7.05. The van der Waals surface area contributed by atoms with Gasteiger partial charge in [0.1, 0.15) is 0 Å². The van der Waals surface area contributed by atoms with Gasteiger partial charge in [0, 0.05) is 22.9 Å². The van der Waals surface area contributed by atoms with Gasteiger partial charge in [-0.3, -0.25) is 9.97 Å². The Labute approximate surface area is 76.7 Å². The van der Waals surface area contributed by atoms with E-state index in [4.69, 9.17) is 0 Å². The fourth-order valence-electron chi connectivity index (χ4n) is 1.54. The molecular formula is C10H7N2P. The smallest absolute Gasteiger partial charge is 0.0886 e. The zero-order valence-corrected chi connectivity index (χ0v) is 7.86. The van der Waals surface area contributed by atoms with Gasteiger partial charge < -0.3 is 0 Å². The molecule has 1 unspecified atom stereocenters. The average Bonchev–Trinajstić information content (AvgIpc) is 2.56. The highest BCUT2D eigenvalue weighted by Crippen LogP contribution is 2.34. The summed E-state index contributed by atoms with van der Waals surface area (Å²) < 4.78 is 0. The fraction of sp³-hybridized carbons (Fsp3) is 0. The molecule has 3 aromatic rings. The lowest BCUT2D eigenvalue weighted by molar-refractivity contribution is 1.42. The van der Waals surface area contributed by atoms with E-state index in [1.165, 1.54) is 15.8 Å². The maximum Gasteiger partial charge on any atom is 0.0886 e. The summed E-state index contributed by atoms with van der Waals surface area (Å²) in [5, 5.41) is 3.70. The molecule has 3 heterocycles. The van der Waals surface area contributed by atoms with Gasteiger partial charge in [0.05, 0.1) is 10.8 Å². The number of nitrogens with zero attached hydrogens (tertiary/aromatic N) is 2. The molecule has 3 aromatic heterocycles. The van der Waals surface area contributed by atoms with Crippen LogP contribution in [0, 0.1) is 0 Å². The Bertz CT molecular complexity index is 521. The molecule has 0 aromatic carbocycles. The molecule has 0 spiro atoms. The van der Waals surface area contributed by atoms with Crippen LogP contribution in [-0.2, 0) is 0 Å². The summed E-state index contributed by atoms with van der Waals surface area (Å²) in [5.74, 6) is 0. The molecule has 1 atom stereocenters. The number of rotatable bonds is 0. The van der Waals surface area contributed by atoms with E-state index in [2.05, 4.69) is 22.1 Å². The number of aromatic nitrogens is 2. The Kier molecular flexibility index (Phi) is 1.38. The van der Waals surface area contributed by atoms with Crippen LogP contribution in [0.2, 0.25) is 0 Å². The van der Waals surface area contributed by atoms with E-state index in [0.29, 0.717) is 8.19 Å². The van der Waals surface area contributed by atoms with Gasteiger partial charge >= 0.3 is 0 Å². The summed E-state index contributed by atoms with van der Waals surface area (Å²) >= 11 is 0. The Morgan fingerprint density at radius 3 is 2.85 bits per heavy atom. The summed E-state index contributed by atoms with van der Waals surface area (Å²) in [6.45, 7) is 0. The van der Waals surface area contributed by atoms with E-state index in [0.717, 1.165) is 5.52 Å². The molecule has 13 heavy (non-hydrogen) atoms. The summed E-state index contributed by atoms with van der Waals surface area (Å²) in [4.78, 5) is 8.71. The highest BCUT2D eigenvalue weighted by atomic mass is 31.0. The highest BCUT2D eigenvalue weighted by molar-refractivity contribution is 7.43. The van der Waals surface area contributed by atoms with Gasteiger partial charge in [-0.25, -0.2) is 0 Å². The van der Waals surface area contributed by atoms with Crippen molar-refractivity contribution in [1.82, 2.24) is 9.97 Å². The molecule has 3 rings (SSSR count). The zero-order chi connectivity index (χ0) is 8.67. The van der Waals surface area contributed by atoms with Crippen molar-refractivity contribution in [2.75, 3.05) is 0 Å². The maximum absolute atomic E-state index is 4.37. The molecule has 3 heteroatoms. The van der Waals surface area contributed by atoms with E-state index >= 15 is 0 Å². The predicted octanol–water partition coefficient (Wildman–Crippen LogP) is 2.81. The van der Waals surface area contributed by atoms with Gasteiger partial charge in [-0.2, -0.15) is 0 Å². The van der Waals surface area contributed by atoms with Gasteiger partial charge in [-0.1, -0.05) is 0 Å². The quantitative estimate of drug-likeness (QED) is 0.539. The standard InChI is InChI=1S/C10H7N2P/c1-3-7-9-8(4-2-5-11-9)13-10(7)12-6-1/h1-6,13H. The fourth-order valence-corrected chi connectivity index (χ4v) is 2.77. The zero-order valence-electron chi connectivity index (χ0n) is 6.86. The molecule has 2 nitrogen and oxygen atoms in total. The van der Waals surface area contributed by atoms with Gasteiger partial charge in [-0.05, 0) is 24.3 Å². The van der Waals surface area contributed by atoms with Crippen molar-refractivity contribution in [3.8, 4) is 0 Å².